The smallest absolute Gasteiger partial charge is 0.281 e. The maximum Gasteiger partial charge on any atom is 0.329 e. The van der Waals surface area contributed by atoms with E-state index in [1.54, 1.807) is 20.9 Å². The van der Waals surface area contributed by atoms with E-state index in [0.29, 0.717) is 16.0 Å². The van der Waals surface area contributed by atoms with Gasteiger partial charge in [-0.05, 0) is 29.8 Å². The molecule has 0 fully saturated rings. The summed E-state index contributed by atoms with van der Waals surface area (Å²) in [5, 5.41) is 0. The van der Waals surface area contributed by atoms with Crippen molar-refractivity contribution in [2.75, 3.05) is 0 Å². The summed E-state index contributed by atoms with van der Waals surface area (Å²) >= 11 is 3.15. The third-order valence-electron chi connectivity index (χ3n) is 1.78. The van der Waals surface area contributed by atoms with Gasteiger partial charge in [-0.2, -0.15) is 0 Å². The zero-order valence-electron chi connectivity index (χ0n) is 8.09. The molecule has 0 saturated carbocycles. The number of aromatic amines is 1. The van der Waals surface area contributed by atoms with Crippen molar-refractivity contribution < 1.29 is 0 Å². The van der Waals surface area contributed by atoms with Gasteiger partial charge in [0.2, 0.25) is 0 Å². The first-order valence-corrected chi connectivity index (χ1v) is 4.73. The van der Waals surface area contributed by atoms with Gasteiger partial charge < -0.3 is 0 Å². The van der Waals surface area contributed by atoms with Crippen molar-refractivity contribution in [2.24, 2.45) is 12.0 Å². The number of H-pyrrole nitrogens is 1. The van der Waals surface area contributed by atoms with E-state index in [-0.39, 0.29) is 0 Å². The number of nitrogens with zero attached hydrogens (tertiary/aromatic N) is 2. The summed E-state index contributed by atoms with van der Waals surface area (Å²) in [5.74, 6) is 0.369. The van der Waals surface area contributed by atoms with Crippen LogP contribution in [0.5, 0.6) is 0 Å². The molecule has 0 atom stereocenters. The molecular formula is C8H10BrN3O2. The summed E-state index contributed by atoms with van der Waals surface area (Å²) in [7, 11) is 1.56. The topological polar surface area (TPSA) is 67.2 Å². The standard InChI is InChI=1S/C8H10BrN3O2/c1-4-6(10-5(2)9)12(3)8(14)11-7(4)13/h1-3H3,(H,11,13,14). The van der Waals surface area contributed by atoms with Gasteiger partial charge in [0.05, 0.1) is 10.2 Å². The van der Waals surface area contributed by atoms with E-state index in [1.807, 2.05) is 0 Å². The van der Waals surface area contributed by atoms with E-state index in [4.69, 9.17) is 0 Å². The van der Waals surface area contributed by atoms with Crippen LogP contribution in [-0.4, -0.2) is 14.2 Å². The van der Waals surface area contributed by atoms with E-state index in [9.17, 15) is 9.59 Å². The van der Waals surface area contributed by atoms with Gasteiger partial charge in [0.15, 0.2) is 0 Å². The van der Waals surface area contributed by atoms with E-state index < -0.39 is 11.2 Å². The lowest BCUT2D eigenvalue weighted by atomic mass is 10.3. The first-order valence-electron chi connectivity index (χ1n) is 3.94. The van der Waals surface area contributed by atoms with Crippen LogP contribution in [0, 0.1) is 6.92 Å². The largest absolute Gasteiger partial charge is 0.329 e. The van der Waals surface area contributed by atoms with E-state index in [2.05, 4.69) is 25.9 Å². The second-order valence-electron chi connectivity index (χ2n) is 2.88. The van der Waals surface area contributed by atoms with Gasteiger partial charge >= 0.3 is 5.69 Å². The SMILES string of the molecule is CC(Br)=Nc1c(C)c(=O)[nH]c(=O)n1C. The molecule has 0 saturated heterocycles. The van der Waals surface area contributed by atoms with Gasteiger partial charge in [-0.25, -0.2) is 9.79 Å². The first-order chi connectivity index (χ1) is 6.43. The number of aromatic nitrogens is 2. The van der Waals surface area contributed by atoms with Gasteiger partial charge in [-0.15, -0.1) is 0 Å². The van der Waals surface area contributed by atoms with Gasteiger partial charge in [-0.1, -0.05) is 0 Å². The number of nitrogens with one attached hydrogen (secondary N) is 1. The fraction of sp³-hybridized carbons (Fsp3) is 0.375. The van der Waals surface area contributed by atoms with Crippen LogP contribution in [0.25, 0.3) is 0 Å². The van der Waals surface area contributed by atoms with E-state index in [1.165, 1.54) is 4.57 Å². The molecule has 0 radical (unpaired) electrons. The molecule has 0 aromatic carbocycles. The highest BCUT2D eigenvalue weighted by Gasteiger charge is 2.07. The summed E-state index contributed by atoms with van der Waals surface area (Å²) < 4.78 is 1.91. The first kappa shape index (κ1) is 10.9. The molecule has 1 aromatic heterocycles. The van der Waals surface area contributed by atoms with Crippen LogP contribution < -0.4 is 11.2 Å². The molecule has 0 unspecified atom stereocenters. The lowest BCUT2D eigenvalue weighted by molar-refractivity contribution is 0.792. The Labute approximate surface area is 88.6 Å². The van der Waals surface area contributed by atoms with Crippen LogP contribution in [0.1, 0.15) is 12.5 Å². The van der Waals surface area contributed by atoms with Crippen LogP contribution in [0.4, 0.5) is 5.82 Å². The normalized spacial score (nSPS) is 11.9. The molecule has 1 heterocycles. The number of rotatable bonds is 1. The van der Waals surface area contributed by atoms with Gasteiger partial charge in [-0.3, -0.25) is 14.3 Å². The number of hydrogen-bond acceptors (Lipinski definition) is 3. The molecule has 0 amide bonds. The van der Waals surface area contributed by atoms with Crippen LogP contribution in [0.3, 0.4) is 0 Å². The molecule has 76 valence electrons. The van der Waals surface area contributed by atoms with Gasteiger partial charge in [0.25, 0.3) is 5.56 Å². The molecule has 0 spiro atoms. The summed E-state index contributed by atoms with van der Waals surface area (Å²) in [5.41, 5.74) is -0.445. The van der Waals surface area contributed by atoms with Crippen LogP contribution >= 0.6 is 15.9 Å². The molecule has 14 heavy (non-hydrogen) atoms. The van der Waals surface area contributed by atoms with Crippen LogP contribution in [0.15, 0.2) is 14.6 Å². The zero-order valence-corrected chi connectivity index (χ0v) is 9.67. The second kappa shape index (κ2) is 3.91. The lowest BCUT2D eigenvalue weighted by Crippen LogP contribution is -2.29. The van der Waals surface area contributed by atoms with Crippen molar-refractivity contribution in [3.05, 3.63) is 26.4 Å². The minimum atomic E-state index is -0.465. The number of aliphatic imine (C=N–C) groups is 1. The van der Waals surface area contributed by atoms with Crippen molar-refractivity contribution in [3.8, 4) is 0 Å². The third kappa shape index (κ3) is 2.01. The Morgan fingerprint density at radius 2 is 2.07 bits per heavy atom. The quantitative estimate of drug-likeness (QED) is 0.760. The van der Waals surface area contributed by atoms with E-state index >= 15 is 0 Å². The highest BCUT2D eigenvalue weighted by atomic mass is 79.9. The summed E-state index contributed by atoms with van der Waals surface area (Å²) in [6.45, 7) is 3.35. The monoisotopic (exact) mass is 259 g/mol. The fourth-order valence-corrected chi connectivity index (χ4v) is 1.20. The van der Waals surface area contributed by atoms with E-state index in [0.717, 1.165) is 0 Å². The van der Waals surface area contributed by atoms with Crippen molar-refractivity contribution >= 4 is 26.4 Å². The Hall–Kier alpha value is -1.17. The Morgan fingerprint density at radius 1 is 1.50 bits per heavy atom. The molecule has 5 nitrogen and oxygen atoms in total. The molecule has 0 aliphatic rings. The molecule has 0 bridgehead atoms. The Bertz CT molecular complexity index is 460. The average molecular weight is 260 g/mol. The molecule has 1 N–H and O–H groups in total. The highest BCUT2D eigenvalue weighted by molar-refractivity contribution is 9.18. The summed E-state index contributed by atoms with van der Waals surface area (Å²) in [4.78, 5) is 28.7. The number of hydrogen-bond donors (Lipinski definition) is 1. The third-order valence-corrected chi connectivity index (χ3v) is 1.96. The zero-order chi connectivity index (χ0) is 10.9. The maximum absolute atomic E-state index is 11.2. The molecular weight excluding hydrogens is 250 g/mol. The molecule has 1 aromatic rings. The molecule has 0 aliphatic heterocycles. The minimum Gasteiger partial charge on any atom is -0.281 e. The fourth-order valence-electron chi connectivity index (χ4n) is 1.03. The second-order valence-corrected chi connectivity index (χ2v) is 4.02. The summed E-state index contributed by atoms with van der Waals surface area (Å²) in [6.07, 6.45) is 0. The van der Waals surface area contributed by atoms with Crippen LogP contribution in [0.2, 0.25) is 0 Å². The van der Waals surface area contributed by atoms with Gasteiger partial charge in [0, 0.05) is 7.05 Å². The summed E-state index contributed by atoms with van der Waals surface area (Å²) in [6, 6.07) is 0. The van der Waals surface area contributed by atoms with Crippen molar-refractivity contribution in [2.45, 2.75) is 13.8 Å². The Balaban J connectivity index is 3.64. The maximum atomic E-state index is 11.2. The molecule has 0 aliphatic carbocycles. The lowest BCUT2D eigenvalue weighted by Gasteiger charge is -2.04. The predicted octanol–water partition coefficient (Wildman–Crippen LogP) is 0.827. The highest BCUT2D eigenvalue weighted by Crippen LogP contribution is 2.12. The number of halogens is 1. The Morgan fingerprint density at radius 3 is 2.57 bits per heavy atom. The molecule has 1 rings (SSSR count). The molecule has 6 heteroatoms. The van der Waals surface area contributed by atoms with Crippen molar-refractivity contribution in [3.63, 3.8) is 0 Å². The Kier molecular flexibility index (Phi) is 3.05. The predicted molar refractivity (Wildman–Crippen MR) is 58.7 cm³/mol. The van der Waals surface area contributed by atoms with Crippen LogP contribution in [-0.2, 0) is 7.05 Å². The van der Waals surface area contributed by atoms with Crippen molar-refractivity contribution in [1.82, 2.24) is 9.55 Å². The minimum absolute atomic E-state index is 0.369. The average Bonchev–Trinajstić information content (AvgIpc) is 2.09. The van der Waals surface area contributed by atoms with Gasteiger partial charge in [0.1, 0.15) is 5.82 Å². The van der Waals surface area contributed by atoms with Crippen molar-refractivity contribution in [1.29, 1.82) is 0 Å².